The number of piperazine rings is 1. The molecule has 1 aromatic heterocycles. The summed E-state index contributed by atoms with van der Waals surface area (Å²) in [6, 6.07) is 7.57. The number of aromatic nitrogens is 2. The molecule has 1 aliphatic heterocycles. The number of benzene rings is 1. The van der Waals surface area contributed by atoms with E-state index in [4.69, 9.17) is 0 Å². The van der Waals surface area contributed by atoms with Crippen LogP contribution >= 0.6 is 0 Å². The molecule has 0 spiro atoms. The lowest BCUT2D eigenvalue weighted by atomic mass is 10.2. The van der Waals surface area contributed by atoms with Crippen molar-refractivity contribution in [2.24, 2.45) is 0 Å². The SMILES string of the molecule is Cc1ccccc1NC(=O)c1cnc(N2CCN(C=O)CC2)cn1. The van der Waals surface area contributed by atoms with Crippen molar-refractivity contribution in [3.63, 3.8) is 0 Å². The first-order chi connectivity index (χ1) is 11.7. The van der Waals surface area contributed by atoms with E-state index < -0.39 is 0 Å². The summed E-state index contributed by atoms with van der Waals surface area (Å²) in [5, 5.41) is 2.84. The number of hydrogen-bond acceptors (Lipinski definition) is 5. The monoisotopic (exact) mass is 325 g/mol. The van der Waals surface area contributed by atoms with Gasteiger partial charge in [0.15, 0.2) is 0 Å². The number of hydrogen-bond donors (Lipinski definition) is 1. The highest BCUT2D eigenvalue weighted by Crippen LogP contribution is 2.15. The molecule has 1 saturated heterocycles. The lowest BCUT2D eigenvalue weighted by molar-refractivity contribution is -0.118. The Bertz CT molecular complexity index is 724. The average molecular weight is 325 g/mol. The third kappa shape index (κ3) is 3.51. The molecule has 2 aromatic rings. The zero-order chi connectivity index (χ0) is 16.9. The third-order valence-electron chi connectivity index (χ3n) is 4.05. The Hall–Kier alpha value is -2.96. The fourth-order valence-corrected chi connectivity index (χ4v) is 2.56. The maximum absolute atomic E-state index is 12.3. The van der Waals surface area contributed by atoms with Crippen LogP contribution in [0.3, 0.4) is 0 Å². The molecule has 1 aromatic carbocycles. The van der Waals surface area contributed by atoms with Crippen LogP contribution < -0.4 is 10.2 Å². The van der Waals surface area contributed by atoms with Crippen molar-refractivity contribution < 1.29 is 9.59 Å². The first-order valence-corrected chi connectivity index (χ1v) is 7.80. The summed E-state index contributed by atoms with van der Waals surface area (Å²) in [4.78, 5) is 35.3. The van der Waals surface area contributed by atoms with Gasteiger partial charge in [0.2, 0.25) is 6.41 Å². The van der Waals surface area contributed by atoms with Crippen molar-refractivity contribution >= 4 is 23.8 Å². The minimum Gasteiger partial charge on any atom is -0.352 e. The minimum atomic E-state index is -0.283. The number of carbonyl (C=O) groups is 2. The van der Waals surface area contributed by atoms with Crippen molar-refractivity contribution in [3.8, 4) is 0 Å². The van der Waals surface area contributed by atoms with Crippen LogP contribution in [0.1, 0.15) is 16.1 Å². The van der Waals surface area contributed by atoms with Crippen LogP contribution in [0, 0.1) is 6.92 Å². The molecule has 7 nitrogen and oxygen atoms in total. The molecule has 7 heteroatoms. The van der Waals surface area contributed by atoms with Gasteiger partial charge in [-0.15, -0.1) is 0 Å². The standard InChI is InChI=1S/C17H19N5O2/c1-13-4-2-3-5-14(13)20-17(24)15-10-19-16(11-18-15)22-8-6-21(12-23)7-9-22/h2-5,10-12H,6-9H2,1H3,(H,20,24). The van der Waals surface area contributed by atoms with E-state index in [-0.39, 0.29) is 11.6 Å². The Morgan fingerprint density at radius 1 is 1.12 bits per heavy atom. The minimum absolute atomic E-state index is 0.272. The largest absolute Gasteiger partial charge is 0.352 e. The molecule has 2 amide bonds. The first-order valence-electron chi connectivity index (χ1n) is 7.80. The number of nitrogens with zero attached hydrogens (tertiary/aromatic N) is 4. The van der Waals surface area contributed by atoms with E-state index in [1.807, 2.05) is 31.2 Å². The molecule has 0 radical (unpaired) electrons. The summed E-state index contributed by atoms with van der Waals surface area (Å²) in [5.74, 6) is 0.433. The highest BCUT2D eigenvalue weighted by Gasteiger charge is 2.17. The molecule has 2 heterocycles. The predicted molar refractivity (Wildman–Crippen MR) is 91.0 cm³/mol. The summed E-state index contributed by atoms with van der Waals surface area (Å²) < 4.78 is 0. The summed E-state index contributed by atoms with van der Waals surface area (Å²) in [5.41, 5.74) is 2.02. The number of anilines is 2. The Kier molecular flexibility index (Phi) is 4.69. The van der Waals surface area contributed by atoms with Crippen molar-refractivity contribution in [2.45, 2.75) is 6.92 Å². The normalized spacial score (nSPS) is 14.4. The van der Waals surface area contributed by atoms with E-state index in [2.05, 4.69) is 20.2 Å². The van der Waals surface area contributed by atoms with Gasteiger partial charge in [-0.2, -0.15) is 0 Å². The molecule has 1 N–H and O–H groups in total. The average Bonchev–Trinajstić information content (AvgIpc) is 2.64. The van der Waals surface area contributed by atoms with Gasteiger partial charge in [-0.25, -0.2) is 9.97 Å². The number of aryl methyl sites for hydroxylation is 1. The summed E-state index contributed by atoms with van der Waals surface area (Å²) in [6.07, 6.45) is 3.94. The fourth-order valence-electron chi connectivity index (χ4n) is 2.56. The number of rotatable bonds is 4. The van der Waals surface area contributed by atoms with Crippen molar-refractivity contribution in [1.29, 1.82) is 0 Å². The first kappa shape index (κ1) is 15.9. The highest BCUT2D eigenvalue weighted by atomic mass is 16.2. The van der Waals surface area contributed by atoms with Gasteiger partial charge in [0.25, 0.3) is 5.91 Å². The number of carbonyl (C=O) groups excluding carboxylic acids is 2. The van der Waals surface area contributed by atoms with Gasteiger partial charge >= 0.3 is 0 Å². The third-order valence-corrected chi connectivity index (χ3v) is 4.05. The van der Waals surface area contributed by atoms with E-state index in [0.717, 1.165) is 17.7 Å². The lowest BCUT2D eigenvalue weighted by Crippen LogP contribution is -2.46. The van der Waals surface area contributed by atoms with E-state index >= 15 is 0 Å². The Labute approximate surface area is 140 Å². The molecule has 3 rings (SSSR count). The van der Waals surface area contributed by atoms with Gasteiger partial charge in [-0.1, -0.05) is 18.2 Å². The molecule has 0 saturated carbocycles. The summed E-state index contributed by atoms with van der Waals surface area (Å²) in [6.45, 7) is 4.69. The second-order valence-electron chi connectivity index (χ2n) is 5.66. The van der Waals surface area contributed by atoms with Gasteiger partial charge in [0.05, 0.1) is 12.4 Å². The Morgan fingerprint density at radius 2 is 1.88 bits per heavy atom. The Morgan fingerprint density at radius 3 is 2.50 bits per heavy atom. The smallest absolute Gasteiger partial charge is 0.275 e. The van der Waals surface area contributed by atoms with Crippen LogP contribution in [0.25, 0.3) is 0 Å². The van der Waals surface area contributed by atoms with Crippen molar-refractivity contribution in [3.05, 3.63) is 47.9 Å². The molecule has 1 fully saturated rings. The lowest BCUT2D eigenvalue weighted by Gasteiger charge is -2.33. The van der Waals surface area contributed by atoms with Gasteiger partial charge in [0.1, 0.15) is 11.5 Å². The highest BCUT2D eigenvalue weighted by molar-refractivity contribution is 6.03. The molecule has 1 aliphatic rings. The van der Waals surface area contributed by atoms with Crippen LogP contribution in [-0.2, 0) is 4.79 Å². The zero-order valence-electron chi connectivity index (χ0n) is 13.5. The second-order valence-corrected chi connectivity index (χ2v) is 5.66. The van der Waals surface area contributed by atoms with E-state index in [1.165, 1.54) is 6.20 Å². The summed E-state index contributed by atoms with van der Waals surface area (Å²) >= 11 is 0. The molecule has 0 aliphatic carbocycles. The molecule has 0 bridgehead atoms. The van der Waals surface area contributed by atoms with Gasteiger partial charge in [0, 0.05) is 31.9 Å². The van der Waals surface area contributed by atoms with Crippen LogP contribution in [-0.4, -0.2) is 53.4 Å². The fraction of sp³-hybridized carbons (Fsp3) is 0.294. The molecular weight excluding hydrogens is 306 g/mol. The van der Waals surface area contributed by atoms with Gasteiger partial charge in [-0.3, -0.25) is 9.59 Å². The van der Waals surface area contributed by atoms with Gasteiger partial charge in [-0.05, 0) is 18.6 Å². The molecule has 0 unspecified atom stereocenters. The van der Waals surface area contributed by atoms with E-state index in [9.17, 15) is 9.59 Å². The molecule has 124 valence electrons. The van der Waals surface area contributed by atoms with E-state index in [1.54, 1.807) is 11.1 Å². The zero-order valence-corrected chi connectivity index (χ0v) is 13.5. The van der Waals surface area contributed by atoms with E-state index in [0.29, 0.717) is 32.0 Å². The van der Waals surface area contributed by atoms with Crippen molar-refractivity contribution in [1.82, 2.24) is 14.9 Å². The van der Waals surface area contributed by atoms with Gasteiger partial charge < -0.3 is 15.1 Å². The second kappa shape index (κ2) is 7.08. The molecule has 24 heavy (non-hydrogen) atoms. The predicted octanol–water partition coefficient (Wildman–Crippen LogP) is 1.32. The maximum atomic E-state index is 12.3. The van der Waals surface area contributed by atoms with Crippen LogP contribution in [0.4, 0.5) is 11.5 Å². The van der Waals surface area contributed by atoms with Crippen LogP contribution in [0.15, 0.2) is 36.7 Å². The maximum Gasteiger partial charge on any atom is 0.275 e. The Balaban J connectivity index is 1.65. The van der Waals surface area contributed by atoms with Crippen LogP contribution in [0.5, 0.6) is 0 Å². The van der Waals surface area contributed by atoms with Crippen molar-refractivity contribution in [2.75, 3.05) is 36.4 Å². The molecular formula is C17H19N5O2. The topological polar surface area (TPSA) is 78.4 Å². The number of para-hydroxylation sites is 1. The quantitative estimate of drug-likeness (QED) is 0.858. The number of amides is 2. The number of nitrogens with one attached hydrogen (secondary N) is 1. The molecule has 0 atom stereocenters. The van der Waals surface area contributed by atoms with Crippen LogP contribution in [0.2, 0.25) is 0 Å². The summed E-state index contributed by atoms with van der Waals surface area (Å²) in [7, 11) is 0.